The fourth-order valence-corrected chi connectivity index (χ4v) is 3.65. The third-order valence-electron chi connectivity index (χ3n) is 5.21. The first-order chi connectivity index (χ1) is 13.2. The van der Waals surface area contributed by atoms with Crippen molar-refractivity contribution in [1.29, 1.82) is 5.26 Å². The summed E-state index contributed by atoms with van der Waals surface area (Å²) >= 11 is 0. The van der Waals surface area contributed by atoms with Crippen molar-refractivity contribution in [2.75, 3.05) is 26.2 Å². The van der Waals surface area contributed by atoms with Gasteiger partial charge in [-0.05, 0) is 56.0 Å². The molecular weight excluding hydrogens is 338 g/mol. The summed E-state index contributed by atoms with van der Waals surface area (Å²) in [5, 5.41) is 8.87. The summed E-state index contributed by atoms with van der Waals surface area (Å²) < 4.78 is 5.36. The molecule has 0 unspecified atom stereocenters. The summed E-state index contributed by atoms with van der Waals surface area (Å²) in [5.41, 5.74) is 1.40. The molecule has 5 nitrogen and oxygen atoms in total. The summed E-state index contributed by atoms with van der Waals surface area (Å²) in [6.07, 6.45) is 5.32. The van der Waals surface area contributed by atoms with E-state index >= 15 is 0 Å². The van der Waals surface area contributed by atoms with Gasteiger partial charge in [-0.2, -0.15) is 5.26 Å². The van der Waals surface area contributed by atoms with Crippen LogP contribution < -0.4 is 0 Å². The largest absolute Gasteiger partial charge is 0.467 e. The minimum atomic E-state index is 0.0724. The third kappa shape index (κ3) is 5.97. The van der Waals surface area contributed by atoms with Crippen molar-refractivity contribution >= 4 is 5.91 Å². The fourth-order valence-electron chi connectivity index (χ4n) is 3.65. The van der Waals surface area contributed by atoms with Crippen molar-refractivity contribution in [2.45, 2.75) is 32.2 Å². The maximum Gasteiger partial charge on any atom is 0.237 e. The summed E-state index contributed by atoms with van der Waals surface area (Å²) in [4.78, 5) is 16.7. The standard InChI is InChI=1S/C22H27N3O2/c23-11-5-12-25(17-21-8-4-15-27-21)22(26)18-24-13-9-20(10-14-24)16-19-6-2-1-3-7-19/h1-4,6-8,15,20H,5,9-10,12-14,16-18H2. The molecule has 1 aromatic heterocycles. The second kappa shape index (κ2) is 9.94. The van der Waals surface area contributed by atoms with Crippen LogP contribution in [0.5, 0.6) is 0 Å². The van der Waals surface area contributed by atoms with E-state index in [1.807, 2.05) is 12.1 Å². The zero-order valence-corrected chi connectivity index (χ0v) is 15.7. The molecule has 1 aliphatic rings. The van der Waals surface area contributed by atoms with Crippen LogP contribution in [-0.4, -0.2) is 41.9 Å². The Kier molecular flexibility index (Phi) is 7.06. The molecule has 0 saturated carbocycles. The number of rotatable bonds is 8. The first-order valence-corrected chi connectivity index (χ1v) is 9.68. The maximum absolute atomic E-state index is 12.7. The highest BCUT2D eigenvalue weighted by atomic mass is 16.3. The molecule has 3 rings (SSSR count). The van der Waals surface area contributed by atoms with Gasteiger partial charge < -0.3 is 9.32 Å². The predicted octanol–water partition coefficient (Wildman–Crippen LogP) is 3.48. The Balaban J connectivity index is 1.47. The molecule has 5 heteroatoms. The van der Waals surface area contributed by atoms with E-state index in [-0.39, 0.29) is 5.91 Å². The first-order valence-electron chi connectivity index (χ1n) is 9.68. The molecule has 0 bridgehead atoms. The average molecular weight is 365 g/mol. The highest BCUT2D eigenvalue weighted by molar-refractivity contribution is 5.78. The fraction of sp³-hybridized carbons (Fsp3) is 0.455. The Morgan fingerprint density at radius 2 is 1.96 bits per heavy atom. The van der Waals surface area contributed by atoms with Crippen molar-refractivity contribution in [2.24, 2.45) is 5.92 Å². The normalized spacial score (nSPS) is 15.4. The summed E-state index contributed by atoms with van der Waals surface area (Å²) in [5.74, 6) is 1.52. The Labute approximate surface area is 161 Å². The highest BCUT2D eigenvalue weighted by Gasteiger charge is 2.23. The van der Waals surface area contributed by atoms with Crippen LogP contribution in [0.2, 0.25) is 0 Å². The number of benzene rings is 1. The summed E-state index contributed by atoms with van der Waals surface area (Å²) in [7, 11) is 0. The summed E-state index contributed by atoms with van der Waals surface area (Å²) in [6.45, 7) is 3.20. The van der Waals surface area contributed by atoms with Gasteiger partial charge in [-0.3, -0.25) is 9.69 Å². The molecule has 1 saturated heterocycles. The van der Waals surface area contributed by atoms with Gasteiger partial charge in [0, 0.05) is 6.54 Å². The van der Waals surface area contributed by atoms with Crippen LogP contribution in [0.4, 0.5) is 0 Å². The SMILES string of the molecule is N#CCCN(Cc1ccco1)C(=O)CN1CCC(Cc2ccccc2)CC1. The predicted molar refractivity (Wildman–Crippen MR) is 104 cm³/mol. The molecule has 27 heavy (non-hydrogen) atoms. The van der Waals surface area contributed by atoms with E-state index in [2.05, 4.69) is 41.3 Å². The number of hydrogen-bond acceptors (Lipinski definition) is 4. The van der Waals surface area contributed by atoms with Gasteiger partial charge in [0.15, 0.2) is 0 Å². The molecule has 1 amide bonds. The molecule has 0 N–H and O–H groups in total. The van der Waals surface area contributed by atoms with Crippen LogP contribution in [-0.2, 0) is 17.8 Å². The van der Waals surface area contributed by atoms with Crippen LogP contribution in [0.1, 0.15) is 30.6 Å². The van der Waals surface area contributed by atoms with Crippen molar-refractivity contribution < 1.29 is 9.21 Å². The van der Waals surface area contributed by atoms with Crippen molar-refractivity contribution in [3.63, 3.8) is 0 Å². The van der Waals surface area contributed by atoms with Gasteiger partial charge in [0.25, 0.3) is 0 Å². The molecule has 1 fully saturated rings. The van der Waals surface area contributed by atoms with E-state index in [4.69, 9.17) is 9.68 Å². The Morgan fingerprint density at radius 3 is 2.63 bits per heavy atom. The topological polar surface area (TPSA) is 60.5 Å². The lowest BCUT2D eigenvalue weighted by Crippen LogP contribution is -2.43. The van der Waals surface area contributed by atoms with E-state index in [1.54, 1.807) is 11.2 Å². The van der Waals surface area contributed by atoms with Crippen LogP contribution >= 0.6 is 0 Å². The van der Waals surface area contributed by atoms with Gasteiger partial charge in [-0.25, -0.2) is 0 Å². The van der Waals surface area contributed by atoms with E-state index in [0.29, 0.717) is 32.0 Å². The number of amides is 1. The van der Waals surface area contributed by atoms with Gasteiger partial charge in [-0.1, -0.05) is 30.3 Å². The number of hydrogen-bond donors (Lipinski definition) is 0. The monoisotopic (exact) mass is 365 g/mol. The van der Waals surface area contributed by atoms with Gasteiger partial charge in [0.05, 0.1) is 31.8 Å². The van der Waals surface area contributed by atoms with Crippen molar-refractivity contribution in [3.05, 3.63) is 60.1 Å². The van der Waals surface area contributed by atoms with Crippen LogP contribution in [0.25, 0.3) is 0 Å². The zero-order chi connectivity index (χ0) is 18.9. The minimum absolute atomic E-state index is 0.0724. The Hall–Kier alpha value is -2.58. The average Bonchev–Trinajstić information content (AvgIpc) is 3.20. The molecule has 0 atom stereocenters. The van der Waals surface area contributed by atoms with Gasteiger partial charge in [-0.15, -0.1) is 0 Å². The lowest BCUT2D eigenvalue weighted by Gasteiger charge is -2.33. The van der Waals surface area contributed by atoms with Gasteiger partial charge >= 0.3 is 0 Å². The highest BCUT2D eigenvalue weighted by Crippen LogP contribution is 2.21. The number of carbonyl (C=O) groups is 1. The molecule has 0 aliphatic carbocycles. The van der Waals surface area contributed by atoms with E-state index in [1.165, 1.54) is 5.56 Å². The second-order valence-electron chi connectivity index (χ2n) is 7.21. The molecule has 1 aliphatic heterocycles. The van der Waals surface area contributed by atoms with E-state index < -0.39 is 0 Å². The second-order valence-corrected chi connectivity index (χ2v) is 7.21. The van der Waals surface area contributed by atoms with E-state index in [0.717, 1.165) is 38.1 Å². The molecule has 2 heterocycles. The van der Waals surface area contributed by atoms with Crippen LogP contribution in [0, 0.1) is 17.2 Å². The van der Waals surface area contributed by atoms with Crippen molar-refractivity contribution in [1.82, 2.24) is 9.80 Å². The molecular formula is C22H27N3O2. The first kappa shape index (κ1) is 19.2. The van der Waals surface area contributed by atoms with Gasteiger partial charge in [0.1, 0.15) is 5.76 Å². The van der Waals surface area contributed by atoms with Gasteiger partial charge in [0.2, 0.25) is 5.91 Å². The minimum Gasteiger partial charge on any atom is -0.467 e. The number of furan rings is 1. The number of piperidine rings is 1. The smallest absolute Gasteiger partial charge is 0.237 e. The Bertz CT molecular complexity index is 729. The molecule has 2 aromatic rings. The van der Waals surface area contributed by atoms with Crippen molar-refractivity contribution in [3.8, 4) is 6.07 Å². The lowest BCUT2D eigenvalue weighted by atomic mass is 9.90. The van der Waals surface area contributed by atoms with Crippen LogP contribution in [0.15, 0.2) is 53.1 Å². The summed E-state index contributed by atoms with van der Waals surface area (Å²) in [6, 6.07) is 16.4. The number of likely N-dealkylation sites (tertiary alicyclic amines) is 1. The third-order valence-corrected chi connectivity index (χ3v) is 5.21. The number of nitriles is 1. The molecule has 0 radical (unpaired) electrons. The Morgan fingerprint density at radius 1 is 1.19 bits per heavy atom. The molecule has 0 spiro atoms. The van der Waals surface area contributed by atoms with E-state index in [9.17, 15) is 4.79 Å². The molecule has 1 aromatic carbocycles. The number of carbonyl (C=O) groups excluding carboxylic acids is 1. The zero-order valence-electron chi connectivity index (χ0n) is 15.7. The number of nitrogens with zero attached hydrogens (tertiary/aromatic N) is 3. The quantitative estimate of drug-likeness (QED) is 0.719. The van der Waals surface area contributed by atoms with Crippen LogP contribution in [0.3, 0.4) is 0 Å². The molecule has 142 valence electrons. The maximum atomic E-state index is 12.7. The lowest BCUT2D eigenvalue weighted by molar-refractivity contribution is -0.133.